The van der Waals surface area contributed by atoms with Crippen molar-refractivity contribution in [2.24, 2.45) is 0 Å². The predicted molar refractivity (Wildman–Crippen MR) is 62.9 cm³/mol. The van der Waals surface area contributed by atoms with E-state index < -0.39 is 0 Å². The smallest absolute Gasteiger partial charge is 0.224 e. The Kier molecular flexibility index (Phi) is 2.60. The average molecular weight is 217 g/mol. The van der Waals surface area contributed by atoms with E-state index in [1.54, 1.807) is 13.4 Å². The normalized spacial score (nSPS) is 10.5. The van der Waals surface area contributed by atoms with Gasteiger partial charge < -0.3 is 5.32 Å². The van der Waals surface area contributed by atoms with Crippen LogP contribution in [0.5, 0.6) is 0 Å². The molecule has 2 aromatic heterocycles. The Balaban J connectivity index is 2.59. The molecule has 0 bridgehead atoms. The predicted octanol–water partition coefficient (Wildman–Crippen LogP) is 1.63. The first-order valence-electron chi connectivity index (χ1n) is 5.15. The summed E-state index contributed by atoms with van der Waals surface area (Å²) in [6, 6.07) is 0. The van der Waals surface area contributed by atoms with Crippen molar-refractivity contribution in [1.82, 2.24) is 19.5 Å². The molecule has 1 N–H and O–H groups in total. The Hall–Kier alpha value is -1.91. The van der Waals surface area contributed by atoms with Crippen molar-refractivity contribution in [1.29, 1.82) is 0 Å². The molecule has 5 nitrogen and oxygen atoms in total. The lowest BCUT2D eigenvalue weighted by Crippen LogP contribution is -2.05. The van der Waals surface area contributed by atoms with Crippen LogP contribution in [0.3, 0.4) is 0 Å². The number of nitrogens with one attached hydrogen (secondary N) is 1. The summed E-state index contributed by atoms with van der Waals surface area (Å²) in [7, 11) is 1.81. The molecule has 0 aliphatic heterocycles. The van der Waals surface area contributed by atoms with Gasteiger partial charge in [0.25, 0.3) is 0 Å². The maximum atomic E-state index is 4.44. The summed E-state index contributed by atoms with van der Waals surface area (Å²) in [5.74, 6) is 1.49. The van der Waals surface area contributed by atoms with Gasteiger partial charge in [0.1, 0.15) is 12.1 Å². The molecular weight excluding hydrogens is 202 g/mol. The van der Waals surface area contributed by atoms with E-state index in [1.807, 2.05) is 31.5 Å². The van der Waals surface area contributed by atoms with Gasteiger partial charge in [-0.1, -0.05) is 0 Å². The maximum absolute atomic E-state index is 4.44. The Morgan fingerprint density at radius 3 is 2.50 bits per heavy atom. The number of rotatable bonds is 2. The minimum Gasteiger partial charge on any atom is -0.357 e. The van der Waals surface area contributed by atoms with Gasteiger partial charge in [-0.15, -0.1) is 0 Å². The molecule has 5 heteroatoms. The number of imidazole rings is 1. The van der Waals surface area contributed by atoms with E-state index in [-0.39, 0.29) is 0 Å². The van der Waals surface area contributed by atoms with Crippen molar-refractivity contribution in [2.75, 3.05) is 12.4 Å². The lowest BCUT2D eigenvalue weighted by Gasteiger charge is -2.09. The minimum atomic E-state index is 0.617. The molecule has 0 atom stereocenters. The van der Waals surface area contributed by atoms with Gasteiger partial charge in [-0.2, -0.15) is 4.98 Å². The third kappa shape index (κ3) is 1.64. The van der Waals surface area contributed by atoms with E-state index in [0.29, 0.717) is 5.95 Å². The summed E-state index contributed by atoms with van der Waals surface area (Å²) in [4.78, 5) is 12.9. The lowest BCUT2D eigenvalue weighted by molar-refractivity contribution is 0.920. The molecule has 0 saturated heterocycles. The number of aromatic nitrogens is 4. The highest BCUT2D eigenvalue weighted by molar-refractivity contribution is 5.39. The van der Waals surface area contributed by atoms with Crippen LogP contribution in [0.4, 0.5) is 5.95 Å². The van der Waals surface area contributed by atoms with Gasteiger partial charge >= 0.3 is 0 Å². The van der Waals surface area contributed by atoms with Crippen molar-refractivity contribution in [3.05, 3.63) is 29.5 Å². The highest BCUT2D eigenvalue weighted by atomic mass is 15.2. The third-order valence-electron chi connectivity index (χ3n) is 2.65. The monoisotopic (exact) mass is 217 g/mol. The van der Waals surface area contributed by atoms with Crippen LogP contribution in [0.15, 0.2) is 12.5 Å². The first-order chi connectivity index (χ1) is 7.63. The second kappa shape index (κ2) is 3.92. The van der Waals surface area contributed by atoms with Crippen LogP contribution >= 0.6 is 0 Å². The maximum Gasteiger partial charge on any atom is 0.224 e. The molecule has 2 aromatic rings. The molecule has 0 unspecified atom stereocenters. The summed E-state index contributed by atoms with van der Waals surface area (Å²) in [5.41, 5.74) is 3.15. The van der Waals surface area contributed by atoms with Crippen molar-refractivity contribution in [3.63, 3.8) is 0 Å². The Bertz CT molecular complexity index is 515. The zero-order valence-electron chi connectivity index (χ0n) is 9.94. The number of anilines is 1. The Morgan fingerprint density at radius 1 is 1.19 bits per heavy atom. The van der Waals surface area contributed by atoms with E-state index in [4.69, 9.17) is 0 Å². The molecule has 0 radical (unpaired) electrons. The summed E-state index contributed by atoms with van der Waals surface area (Å²) in [5, 5.41) is 2.93. The average Bonchev–Trinajstić information content (AvgIpc) is 2.61. The zero-order chi connectivity index (χ0) is 11.7. The van der Waals surface area contributed by atoms with E-state index in [1.165, 1.54) is 0 Å². The fourth-order valence-corrected chi connectivity index (χ4v) is 1.51. The first kappa shape index (κ1) is 10.6. The van der Waals surface area contributed by atoms with Gasteiger partial charge in [0.15, 0.2) is 0 Å². The molecule has 0 aliphatic rings. The van der Waals surface area contributed by atoms with Crippen LogP contribution in [0.25, 0.3) is 5.82 Å². The van der Waals surface area contributed by atoms with Crippen molar-refractivity contribution in [2.45, 2.75) is 20.8 Å². The highest BCUT2D eigenvalue weighted by Crippen LogP contribution is 2.16. The second-order valence-electron chi connectivity index (χ2n) is 3.74. The van der Waals surface area contributed by atoms with Crippen LogP contribution < -0.4 is 5.32 Å². The SMILES string of the molecule is CNc1ncc(C)c(-n2cnc(C)c2C)n1. The summed E-state index contributed by atoms with van der Waals surface area (Å²) >= 11 is 0. The topological polar surface area (TPSA) is 55.6 Å². The minimum absolute atomic E-state index is 0.617. The van der Waals surface area contributed by atoms with Gasteiger partial charge in [-0.05, 0) is 20.8 Å². The number of hydrogen-bond donors (Lipinski definition) is 1. The molecule has 2 heterocycles. The molecule has 0 aromatic carbocycles. The first-order valence-corrected chi connectivity index (χ1v) is 5.15. The quantitative estimate of drug-likeness (QED) is 0.830. The molecule has 0 spiro atoms. The number of nitrogens with zero attached hydrogens (tertiary/aromatic N) is 4. The van der Waals surface area contributed by atoms with E-state index in [2.05, 4.69) is 20.3 Å². The zero-order valence-corrected chi connectivity index (χ0v) is 9.94. The Labute approximate surface area is 94.6 Å². The van der Waals surface area contributed by atoms with Gasteiger partial charge in [0.05, 0.1) is 5.69 Å². The molecule has 16 heavy (non-hydrogen) atoms. The number of hydrogen-bond acceptors (Lipinski definition) is 4. The molecule has 0 saturated carbocycles. The van der Waals surface area contributed by atoms with Crippen molar-refractivity contribution < 1.29 is 0 Å². The summed E-state index contributed by atoms with van der Waals surface area (Å²) < 4.78 is 1.98. The van der Waals surface area contributed by atoms with E-state index in [0.717, 1.165) is 22.8 Å². The molecule has 0 amide bonds. The molecular formula is C11H15N5. The van der Waals surface area contributed by atoms with Crippen LogP contribution in [0.2, 0.25) is 0 Å². The molecule has 84 valence electrons. The van der Waals surface area contributed by atoms with Crippen molar-refractivity contribution >= 4 is 5.95 Å². The largest absolute Gasteiger partial charge is 0.357 e. The molecule has 2 rings (SSSR count). The van der Waals surface area contributed by atoms with Crippen LogP contribution in [-0.4, -0.2) is 26.6 Å². The molecule has 0 fully saturated rings. The van der Waals surface area contributed by atoms with Crippen molar-refractivity contribution in [3.8, 4) is 5.82 Å². The standard InChI is InChI=1S/C11H15N5/c1-7-5-13-11(12-4)15-10(7)16-6-14-8(2)9(16)3/h5-6H,1-4H3,(H,12,13,15). The second-order valence-corrected chi connectivity index (χ2v) is 3.74. The van der Waals surface area contributed by atoms with Crippen LogP contribution in [0.1, 0.15) is 17.0 Å². The fraction of sp³-hybridized carbons (Fsp3) is 0.364. The fourth-order valence-electron chi connectivity index (χ4n) is 1.51. The van der Waals surface area contributed by atoms with Gasteiger partial charge in [0.2, 0.25) is 5.95 Å². The van der Waals surface area contributed by atoms with Gasteiger partial charge in [-0.25, -0.2) is 9.97 Å². The van der Waals surface area contributed by atoms with Crippen LogP contribution in [-0.2, 0) is 0 Å². The molecule has 0 aliphatic carbocycles. The highest BCUT2D eigenvalue weighted by Gasteiger charge is 2.09. The van der Waals surface area contributed by atoms with Gasteiger partial charge in [-0.3, -0.25) is 4.57 Å². The lowest BCUT2D eigenvalue weighted by atomic mass is 10.3. The number of aryl methyl sites for hydroxylation is 2. The van der Waals surface area contributed by atoms with Gasteiger partial charge in [0, 0.05) is 24.5 Å². The van der Waals surface area contributed by atoms with E-state index in [9.17, 15) is 0 Å². The summed E-state index contributed by atoms with van der Waals surface area (Å²) in [6.07, 6.45) is 3.60. The van der Waals surface area contributed by atoms with E-state index >= 15 is 0 Å². The summed E-state index contributed by atoms with van der Waals surface area (Å²) in [6.45, 7) is 6.01. The third-order valence-corrected chi connectivity index (χ3v) is 2.65. The van der Waals surface area contributed by atoms with Crippen LogP contribution in [0, 0.1) is 20.8 Å². The Morgan fingerprint density at radius 2 is 1.94 bits per heavy atom.